The molecular formula is C19H24FN5O2. The molecule has 2 aromatic rings. The summed E-state index contributed by atoms with van der Waals surface area (Å²) in [4.78, 5) is 28.2. The maximum absolute atomic E-state index is 14.5. The molecule has 1 heterocycles. The Hall–Kier alpha value is -2.90. The molecule has 0 saturated heterocycles. The number of halogens is 1. The molecule has 1 fully saturated rings. The highest BCUT2D eigenvalue weighted by Crippen LogP contribution is 2.28. The fraction of sp³-hybridized carbons (Fsp3) is 0.421. The Morgan fingerprint density at radius 1 is 1.30 bits per heavy atom. The summed E-state index contributed by atoms with van der Waals surface area (Å²) in [5.41, 5.74) is 5.32. The lowest BCUT2D eigenvalue weighted by Gasteiger charge is -2.36. The average molecular weight is 373 g/mol. The van der Waals surface area contributed by atoms with Crippen LogP contribution in [0.2, 0.25) is 0 Å². The third kappa shape index (κ3) is 4.10. The molecule has 8 heteroatoms. The fourth-order valence-corrected chi connectivity index (χ4v) is 3.64. The summed E-state index contributed by atoms with van der Waals surface area (Å²) < 4.78 is 16.1. The van der Waals surface area contributed by atoms with Crippen molar-refractivity contribution in [2.45, 2.75) is 51.1 Å². The molecule has 3 rings (SSSR count). The zero-order valence-electron chi connectivity index (χ0n) is 15.3. The number of carbonyl (C=O) groups excluding carboxylic acids is 2. The SMILES string of the molecule is Cc1nccn1-c1ccc(CNC(=O)C2(NC(N)=O)CCCCC2)cc1F. The highest BCUT2D eigenvalue weighted by Gasteiger charge is 2.40. The predicted octanol–water partition coefficient (Wildman–Crippen LogP) is 2.31. The number of hydrogen-bond donors (Lipinski definition) is 3. The Morgan fingerprint density at radius 2 is 2.04 bits per heavy atom. The van der Waals surface area contributed by atoms with E-state index in [1.54, 1.807) is 36.0 Å². The van der Waals surface area contributed by atoms with E-state index < -0.39 is 17.4 Å². The summed E-state index contributed by atoms with van der Waals surface area (Å²) in [6.07, 6.45) is 7.12. The number of aryl methyl sites for hydroxylation is 1. The molecule has 0 atom stereocenters. The number of carbonyl (C=O) groups is 2. The van der Waals surface area contributed by atoms with Crippen LogP contribution in [0.25, 0.3) is 5.69 Å². The topological polar surface area (TPSA) is 102 Å². The predicted molar refractivity (Wildman–Crippen MR) is 98.6 cm³/mol. The van der Waals surface area contributed by atoms with Gasteiger partial charge < -0.3 is 20.9 Å². The van der Waals surface area contributed by atoms with Crippen LogP contribution in [0.1, 0.15) is 43.5 Å². The van der Waals surface area contributed by atoms with Crippen LogP contribution in [0.3, 0.4) is 0 Å². The largest absolute Gasteiger partial charge is 0.352 e. The Bertz CT molecular complexity index is 842. The molecule has 0 radical (unpaired) electrons. The Labute approximate surface area is 157 Å². The van der Waals surface area contributed by atoms with Crippen LogP contribution < -0.4 is 16.4 Å². The number of nitrogens with one attached hydrogen (secondary N) is 2. The summed E-state index contributed by atoms with van der Waals surface area (Å²) in [5.74, 6) is 0.00754. The van der Waals surface area contributed by atoms with Crippen molar-refractivity contribution in [3.05, 3.63) is 47.8 Å². The normalized spacial score (nSPS) is 15.9. The van der Waals surface area contributed by atoms with Gasteiger partial charge in [0, 0.05) is 18.9 Å². The fourth-order valence-electron chi connectivity index (χ4n) is 3.64. The minimum Gasteiger partial charge on any atom is -0.352 e. The van der Waals surface area contributed by atoms with Gasteiger partial charge in [-0.1, -0.05) is 25.3 Å². The van der Waals surface area contributed by atoms with E-state index in [1.165, 1.54) is 6.07 Å². The number of aromatic nitrogens is 2. The zero-order valence-corrected chi connectivity index (χ0v) is 15.3. The van der Waals surface area contributed by atoms with Crippen LogP contribution in [0.15, 0.2) is 30.6 Å². The van der Waals surface area contributed by atoms with Crippen LogP contribution in [0.4, 0.5) is 9.18 Å². The Morgan fingerprint density at radius 3 is 2.63 bits per heavy atom. The number of nitrogens with two attached hydrogens (primary N) is 1. The summed E-state index contributed by atoms with van der Waals surface area (Å²) in [6, 6.07) is 4.10. The molecule has 0 bridgehead atoms. The number of rotatable bonds is 5. The number of amides is 3. The van der Waals surface area contributed by atoms with Crippen molar-refractivity contribution < 1.29 is 14.0 Å². The van der Waals surface area contributed by atoms with Crippen molar-refractivity contribution in [3.8, 4) is 5.69 Å². The summed E-state index contributed by atoms with van der Waals surface area (Å²) >= 11 is 0. The van der Waals surface area contributed by atoms with Crippen molar-refractivity contribution in [1.29, 1.82) is 0 Å². The van der Waals surface area contributed by atoms with E-state index in [0.29, 0.717) is 29.9 Å². The lowest BCUT2D eigenvalue weighted by molar-refractivity contribution is -0.128. The summed E-state index contributed by atoms with van der Waals surface area (Å²) in [6.45, 7) is 1.96. The molecule has 4 N–H and O–H groups in total. The second kappa shape index (κ2) is 7.77. The number of hydrogen-bond acceptors (Lipinski definition) is 3. The third-order valence-electron chi connectivity index (χ3n) is 5.05. The molecule has 0 spiro atoms. The van der Waals surface area contributed by atoms with E-state index in [-0.39, 0.29) is 12.5 Å². The number of nitrogens with zero attached hydrogens (tertiary/aromatic N) is 2. The van der Waals surface area contributed by atoms with Gasteiger partial charge in [0.05, 0.1) is 5.69 Å². The molecule has 1 aliphatic rings. The maximum atomic E-state index is 14.5. The molecule has 3 amide bonds. The standard InChI is InChI=1S/C19H24FN5O2/c1-13-22-9-10-25(13)16-6-5-14(11-15(16)20)12-23-17(26)19(24-18(21)27)7-3-2-4-8-19/h5-6,9-11H,2-4,7-8,12H2,1H3,(H,23,26)(H3,21,24,27). The first-order valence-electron chi connectivity index (χ1n) is 9.06. The second-order valence-electron chi connectivity index (χ2n) is 6.94. The third-order valence-corrected chi connectivity index (χ3v) is 5.05. The molecule has 27 heavy (non-hydrogen) atoms. The smallest absolute Gasteiger partial charge is 0.313 e. The summed E-state index contributed by atoms with van der Waals surface area (Å²) in [5, 5.41) is 5.43. The van der Waals surface area contributed by atoms with Crippen LogP contribution in [-0.4, -0.2) is 27.0 Å². The summed E-state index contributed by atoms with van der Waals surface area (Å²) in [7, 11) is 0. The minimum atomic E-state index is -0.976. The number of urea groups is 1. The number of imidazole rings is 1. The maximum Gasteiger partial charge on any atom is 0.313 e. The van der Waals surface area contributed by atoms with Crippen molar-refractivity contribution in [1.82, 2.24) is 20.2 Å². The molecule has 1 aliphatic carbocycles. The molecule has 0 aliphatic heterocycles. The molecule has 1 aromatic carbocycles. The Balaban J connectivity index is 1.70. The quantitative estimate of drug-likeness (QED) is 0.749. The second-order valence-corrected chi connectivity index (χ2v) is 6.94. The monoisotopic (exact) mass is 373 g/mol. The van der Waals surface area contributed by atoms with Crippen molar-refractivity contribution in [3.63, 3.8) is 0 Å². The van der Waals surface area contributed by atoms with Crippen molar-refractivity contribution in [2.24, 2.45) is 5.73 Å². The van der Waals surface area contributed by atoms with Gasteiger partial charge in [0.2, 0.25) is 5.91 Å². The van der Waals surface area contributed by atoms with E-state index >= 15 is 0 Å². The Kier molecular flexibility index (Phi) is 5.43. The van der Waals surface area contributed by atoms with Crippen molar-refractivity contribution in [2.75, 3.05) is 0 Å². The zero-order chi connectivity index (χ0) is 19.4. The molecular weight excluding hydrogens is 349 g/mol. The van der Waals surface area contributed by atoms with Crippen LogP contribution in [0, 0.1) is 12.7 Å². The van der Waals surface area contributed by atoms with Crippen molar-refractivity contribution >= 4 is 11.9 Å². The molecule has 144 valence electrons. The molecule has 0 unspecified atom stereocenters. The van der Waals surface area contributed by atoms with Crippen LogP contribution in [-0.2, 0) is 11.3 Å². The van der Waals surface area contributed by atoms with Gasteiger partial charge in [-0.25, -0.2) is 14.2 Å². The number of benzene rings is 1. The first-order valence-corrected chi connectivity index (χ1v) is 9.06. The van der Waals surface area contributed by atoms with Crippen LogP contribution in [0.5, 0.6) is 0 Å². The first kappa shape index (κ1) is 18.9. The van der Waals surface area contributed by atoms with Gasteiger partial charge in [-0.3, -0.25) is 4.79 Å². The van der Waals surface area contributed by atoms with Gasteiger partial charge in [0.1, 0.15) is 17.2 Å². The first-order chi connectivity index (χ1) is 12.9. The van der Waals surface area contributed by atoms with E-state index in [4.69, 9.17) is 5.73 Å². The lowest BCUT2D eigenvalue weighted by atomic mass is 9.81. The van der Waals surface area contributed by atoms with Gasteiger partial charge in [-0.05, 0) is 37.5 Å². The number of primary amides is 1. The van der Waals surface area contributed by atoms with E-state index in [2.05, 4.69) is 15.6 Å². The molecule has 7 nitrogen and oxygen atoms in total. The molecule has 1 saturated carbocycles. The van der Waals surface area contributed by atoms with Gasteiger partial charge in [0.25, 0.3) is 0 Å². The van der Waals surface area contributed by atoms with E-state index in [9.17, 15) is 14.0 Å². The average Bonchev–Trinajstić information content (AvgIpc) is 3.05. The van der Waals surface area contributed by atoms with Gasteiger partial charge in [-0.2, -0.15) is 0 Å². The van der Waals surface area contributed by atoms with E-state index in [1.807, 2.05) is 0 Å². The van der Waals surface area contributed by atoms with Gasteiger partial charge in [0.15, 0.2) is 0 Å². The minimum absolute atomic E-state index is 0.168. The van der Waals surface area contributed by atoms with Gasteiger partial charge in [-0.15, -0.1) is 0 Å². The highest BCUT2D eigenvalue weighted by molar-refractivity contribution is 5.90. The highest BCUT2D eigenvalue weighted by atomic mass is 19.1. The molecule has 1 aromatic heterocycles. The van der Waals surface area contributed by atoms with E-state index in [0.717, 1.165) is 19.3 Å². The lowest BCUT2D eigenvalue weighted by Crippen LogP contribution is -2.60. The van der Waals surface area contributed by atoms with Crippen LogP contribution >= 0.6 is 0 Å². The van der Waals surface area contributed by atoms with Gasteiger partial charge >= 0.3 is 6.03 Å².